The molecule has 1 spiro atoms. The first-order valence-electron chi connectivity index (χ1n) is 9.08. The molecule has 27 heavy (non-hydrogen) atoms. The van der Waals surface area contributed by atoms with Crippen molar-refractivity contribution in [1.82, 2.24) is 0 Å². The number of hydrogen-bond acceptors (Lipinski definition) is 6. The van der Waals surface area contributed by atoms with Gasteiger partial charge in [0.2, 0.25) is 0 Å². The maximum atomic E-state index is 13.3. The molecule has 0 saturated carbocycles. The number of rotatable bonds is 2. The van der Waals surface area contributed by atoms with E-state index in [1.165, 1.54) is 14.2 Å². The minimum atomic E-state index is -0.848. The Balaban J connectivity index is 1.95. The average molecular weight is 383 g/mol. The van der Waals surface area contributed by atoms with Gasteiger partial charge in [0.1, 0.15) is 11.3 Å². The lowest BCUT2D eigenvalue weighted by molar-refractivity contribution is -0.152. The Kier molecular flexibility index (Phi) is 3.18. The molecule has 5 rings (SSSR count). The lowest BCUT2D eigenvalue weighted by Crippen LogP contribution is -2.64. The molecule has 5 unspecified atom stereocenters. The summed E-state index contributed by atoms with van der Waals surface area (Å²) < 4.78 is 10.0. The number of hydrogen-bond donors (Lipinski definition) is 0. The molecular weight excluding hydrogens is 362 g/mol. The average Bonchev–Trinajstić information content (AvgIpc) is 3.22. The Morgan fingerprint density at radius 2 is 2.04 bits per heavy atom. The van der Waals surface area contributed by atoms with Gasteiger partial charge in [0, 0.05) is 11.6 Å². The molecule has 0 N–H and O–H groups in total. The normalized spacial score (nSPS) is 39.6. The van der Waals surface area contributed by atoms with Crippen LogP contribution in [0.1, 0.15) is 36.5 Å². The van der Waals surface area contributed by atoms with Crippen molar-refractivity contribution in [2.75, 3.05) is 14.2 Å². The van der Waals surface area contributed by atoms with Crippen LogP contribution in [-0.4, -0.2) is 37.4 Å². The molecule has 6 heteroatoms. The predicted octanol–water partition coefficient (Wildman–Crippen LogP) is 2.98. The van der Waals surface area contributed by atoms with Crippen LogP contribution in [0, 0.1) is 11.3 Å². The molecule has 2 heterocycles. The summed E-state index contributed by atoms with van der Waals surface area (Å²) in [5, 5.41) is 2.07. The number of esters is 2. The zero-order valence-electron chi connectivity index (χ0n) is 15.7. The number of carbonyl (C=O) groups is 2. The summed E-state index contributed by atoms with van der Waals surface area (Å²) in [4.78, 5) is 31.3. The van der Waals surface area contributed by atoms with Crippen molar-refractivity contribution >= 4 is 29.4 Å². The highest BCUT2D eigenvalue weighted by Gasteiger charge is 2.76. The van der Waals surface area contributed by atoms with Gasteiger partial charge in [-0.2, -0.15) is 0 Å². The summed E-state index contributed by atoms with van der Waals surface area (Å²) in [5.41, 5.74) is 2.33. The van der Waals surface area contributed by atoms with Crippen molar-refractivity contribution in [2.45, 2.75) is 36.5 Å². The highest BCUT2D eigenvalue weighted by Crippen LogP contribution is 2.74. The first-order chi connectivity index (χ1) is 12.9. The van der Waals surface area contributed by atoms with E-state index in [0.717, 1.165) is 22.4 Å². The second-order valence-corrected chi connectivity index (χ2v) is 9.14. The molecule has 2 aliphatic carbocycles. The van der Waals surface area contributed by atoms with Gasteiger partial charge in [-0.3, -0.25) is 14.6 Å². The summed E-state index contributed by atoms with van der Waals surface area (Å²) in [5.74, 6) is -1.13. The Morgan fingerprint density at radius 3 is 2.74 bits per heavy atom. The fraction of sp³-hybridized carbons (Fsp3) is 0.476. The lowest BCUT2D eigenvalue weighted by atomic mass is 9.56. The molecule has 0 aromatic heterocycles. The third kappa shape index (κ3) is 1.56. The Hall–Kier alpha value is -2.08. The summed E-state index contributed by atoms with van der Waals surface area (Å²) in [7, 11) is 2.87. The summed E-state index contributed by atoms with van der Waals surface area (Å²) in [6.45, 7) is 3.94. The van der Waals surface area contributed by atoms with Gasteiger partial charge in [0.15, 0.2) is 0 Å². The predicted molar refractivity (Wildman–Crippen MR) is 103 cm³/mol. The van der Waals surface area contributed by atoms with Gasteiger partial charge in [0.05, 0.1) is 24.5 Å². The van der Waals surface area contributed by atoms with Gasteiger partial charge >= 0.3 is 11.9 Å². The second-order valence-electron chi connectivity index (χ2n) is 7.99. The molecule has 0 fully saturated rings. The van der Waals surface area contributed by atoms with E-state index in [-0.39, 0.29) is 17.9 Å². The second kappa shape index (κ2) is 5.04. The van der Waals surface area contributed by atoms with Gasteiger partial charge in [-0.15, -0.1) is 11.8 Å². The van der Waals surface area contributed by atoms with Crippen LogP contribution in [-0.2, 0) is 30.2 Å². The molecule has 0 saturated heterocycles. The fourth-order valence-electron chi connectivity index (χ4n) is 6.20. The number of thioether (sulfide) groups is 1. The van der Waals surface area contributed by atoms with Crippen LogP contribution >= 0.6 is 11.8 Å². The van der Waals surface area contributed by atoms with Crippen molar-refractivity contribution in [2.24, 2.45) is 16.3 Å². The minimum absolute atomic E-state index is 0.108. The molecular formula is C21H21NO4S. The van der Waals surface area contributed by atoms with E-state index in [0.29, 0.717) is 6.42 Å². The van der Waals surface area contributed by atoms with E-state index in [1.54, 1.807) is 11.8 Å². The van der Waals surface area contributed by atoms with Gasteiger partial charge in [-0.25, -0.2) is 0 Å². The van der Waals surface area contributed by atoms with Gasteiger partial charge < -0.3 is 9.47 Å². The molecule has 5 atom stereocenters. The molecule has 0 radical (unpaired) electrons. The molecule has 1 aromatic rings. The topological polar surface area (TPSA) is 65.0 Å². The Labute approximate surface area is 162 Å². The highest BCUT2D eigenvalue weighted by atomic mass is 32.2. The van der Waals surface area contributed by atoms with Crippen LogP contribution in [0.5, 0.6) is 0 Å². The maximum Gasteiger partial charge on any atom is 0.319 e. The molecule has 5 bridgehead atoms. The van der Waals surface area contributed by atoms with Crippen molar-refractivity contribution in [3.8, 4) is 0 Å². The van der Waals surface area contributed by atoms with Crippen LogP contribution in [0.25, 0.3) is 0 Å². The van der Waals surface area contributed by atoms with Crippen LogP contribution in [0.3, 0.4) is 0 Å². The summed E-state index contributed by atoms with van der Waals surface area (Å²) in [6, 6.07) is 6.09. The van der Waals surface area contributed by atoms with Crippen molar-refractivity contribution in [3.05, 3.63) is 46.4 Å². The SMILES string of the molecule is COC(=O)C1c2cccc3c2CC2(C(=O)OC)C(C)=NC1(C)C1C=CSC312. The molecule has 0 amide bonds. The highest BCUT2D eigenvalue weighted by molar-refractivity contribution is 8.03. The molecule has 5 nitrogen and oxygen atoms in total. The standard InChI is InChI=1S/C21H21NO4S/c1-11-20(18(24)26-4)10-13-12-6-5-7-14(13)21(20)15(8-9-27-21)19(2,22-11)16(12)17(23)25-3/h5-9,15-16H,10H2,1-4H3. The smallest absolute Gasteiger partial charge is 0.319 e. The number of carbonyl (C=O) groups excluding carboxylic acids is 2. The fourth-order valence-corrected chi connectivity index (χ4v) is 7.93. The first kappa shape index (κ1) is 17.0. The van der Waals surface area contributed by atoms with E-state index in [9.17, 15) is 9.59 Å². The Morgan fingerprint density at radius 1 is 1.26 bits per heavy atom. The zero-order valence-corrected chi connectivity index (χ0v) is 16.6. The van der Waals surface area contributed by atoms with Crippen molar-refractivity contribution < 1.29 is 19.1 Å². The Bertz CT molecular complexity index is 969. The van der Waals surface area contributed by atoms with Crippen molar-refractivity contribution in [3.63, 3.8) is 0 Å². The summed E-state index contributed by atoms with van der Waals surface area (Å²) >= 11 is 1.68. The quantitative estimate of drug-likeness (QED) is 0.735. The molecule has 1 aromatic carbocycles. The third-order valence-electron chi connectivity index (χ3n) is 7.17. The molecule has 2 aliphatic heterocycles. The third-order valence-corrected chi connectivity index (χ3v) is 8.66. The first-order valence-corrected chi connectivity index (χ1v) is 9.96. The summed E-state index contributed by atoms with van der Waals surface area (Å²) in [6.07, 6.45) is 2.63. The number of ether oxygens (including phenoxy) is 2. The minimum Gasteiger partial charge on any atom is -0.468 e. The molecule has 4 aliphatic rings. The maximum absolute atomic E-state index is 13.3. The van der Waals surface area contributed by atoms with E-state index >= 15 is 0 Å². The lowest BCUT2D eigenvalue weighted by Gasteiger charge is -2.55. The van der Waals surface area contributed by atoms with E-state index in [1.807, 2.05) is 26.0 Å². The van der Waals surface area contributed by atoms with E-state index in [4.69, 9.17) is 14.5 Å². The number of nitrogens with zero attached hydrogens (tertiary/aromatic N) is 1. The van der Waals surface area contributed by atoms with E-state index in [2.05, 4.69) is 17.6 Å². The molecule has 140 valence electrons. The number of methoxy groups -OCH3 is 2. The largest absolute Gasteiger partial charge is 0.468 e. The van der Waals surface area contributed by atoms with Gasteiger partial charge in [0.25, 0.3) is 0 Å². The monoisotopic (exact) mass is 383 g/mol. The van der Waals surface area contributed by atoms with E-state index < -0.39 is 21.6 Å². The van der Waals surface area contributed by atoms with Crippen molar-refractivity contribution in [1.29, 1.82) is 0 Å². The number of aliphatic imine (C=N–C) groups is 1. The van der Waals surface area contributed by atoms with Crippen LogP contribution in [0.4, 0.5) is 0 Å². The number of benzene rings is 1. The van der Waals surface area contributed by atoms with Gasteiger partial charge in [-0.05, 0) is 42.4 Å². The van der Waals surface area contributed by atoms with Crippen LogP contribution in [0.15, 0.2) is 34.7 Å². The zero-order chi connectivity index (χ0) is 19.2. The van der Waals surface area contributed by atoms with Gasteiger partial charge in [-0.1, -0.05) is 24.3 Å². The van der Waals surface area contributed by atoms with Crippen LogP contribution in [0.2, 0.25) is 0 Å². The van der Waals surface area contributed by atoms with Crippen LogP contribution < -0.4 is 0 Å².